The predicted octanol–water partition coefficient (Wildman–Crippen LogP) is 2.81. The minimum absolute atomic E-state index is 0.0203. The molecule has 4 nitrogen and oxygen atoms in total. The number of likely N-dealkylation sites (tertiary alicyclic amines) is 1. The highest BCUT2D eigenvalue weighted by Crippen LogP contribution is 2.22. The Morgan fingerprint density at radius 1 is 1.13 bits per heavy atom. The molecule has 1 aliphatic rings. The Hall–Kier alpha value is -2.69. The highest BCUT2D eigenvalue weighted by molar-refractivity contribution is 5.97. The molecule has 118 valence electrons. The average molecular weight is 312 g/mol. The number of hydrogen-bond donors (Lipinski definition) is 1. The number of hydrogen-bond acceptors (Lipinski definition) is 2. The van der Waals surface area contributed by atoms with E-state index in [1.54, 1.807) is 4.90 Å². The van der Waals surface area contributed by atoms with Crippen LogP contribution >= 0.6 is 0 Å². The van der Waals surface area contributed by atoms with Crippen LogP contribution in [0.15, 0.2) is 54.6 Å². The normalized spacial score (nSPS) is 17.3. The summed E-state index contributed by atoms with van der Waals surface area (Å²) in [5.41, 5.74) is 1.57. The molecule has 2 aromatic carbocycles. The summed E-state index contributed by atoms with van der Waals surface area (Å²) < 4.78 is 12.9. The minimum Gasteiger partial charge on any atom is -0.338 e. The van der Waals surface area contributed by atoms with Gasteiger partial charge in [0.05, 0.1) is 5.92 Å². The molecule has 1 heterocycles. The summed E-state index contributed by atoms with van der Waals surface area (Å²) in [6.45, 7) is 0.917. The molecule has 23 heavy (non-hydrogen) atoms. The molecule has 0 bridgehead atoms. The quantitative estimate of drug-likeness (QED) is 0.944. The third-order valence-corrected chi connectivity index (χ3v) is 3.91. The van der Waals surface area contributed by atoms with Gasteiger partial charge in [-0.1, -0.05) is 30.3 Å². The van der Waals surface area contributed by atoms with Gasteiger partial charge in [0.2, 0.25) is 11.8 Å². The zero-order valence-electron chi connectivity index (χ0n) is 12.5. The molecule has 1 saturated heterocycles. The lowest BCUT2D eigenvalue weighted by molar-refractivity contribution is -0.128. The summed E-state index contributed by atoms with van der Waals surface area (Å²) in [5, 5.41) is 2.73. The van der Waals surface area contributed by atoms with E-state index in [2.05, 4.69) is 5.32 Å². The maximum atomic E-state index is 12.9. The van der Waals surface area contributed by atoms with Crippen LogP contribution in [0.4, 0.5) is 10.1 Å². The standard InChI is InChI=1S/C18H17FN2O2/c19-15-6-8-16(9-7-15)20-18(23)14-10-17(22)21(12-14)11-13-4-2-1-3-5-13/h1-9,14H,10-12H2,(H,20,23)/t14-/m1/s1. The second-order valence-corrected chi connectivity index (χ2v) is 5.66. The summed E-state index contributed by atoms with van der Waals surface area (Å²) in [6.07, 6.45) is 0.208. The van der Waals surface area contributed by atoms with Gasteiger partial charge in [0.25, 0.3) is 0 Å². The van der Waals surface area contributed by atoms with Crippen LogP contribution in [-0.2, 0) is 16.1 Å². The Kier molecular flexibility index (Phi) is 4.37. The Morgan fingerprint density at radius 2 is 1.83 bits per heavy atom. The van der Waals surface area contributed by atoms with E-state index in [1.807, 2.05) is 30.3 Å². The Bertz CT molecular complexity index is 701. The van der Waals surface area contributed by atoms with Crippen LogP contribution in [0.2, 0.25) is 0 Å². The van der Waals surface area contributed by atoms with Crippen molar-refractivity contribution in [2.24, 2.45) is 5.92 Å². The number of carbonyl (C=O) groups excluding carboxylic acids is 2. The molecule has 0 unspecified atom stereocenters. The van der Waals surface area contributed by atoms with E-state index in [9.17, 15) is 14.0 Å². The van der Waals surface area contributed by atoms with E-state index in [1.165, 1.54) is 24.3 Å². The number of nitrogens with one attached hydrogen (secondary N) is 1. The fourth-order valence-electron chi connectivity index (χ4n) is 2.68. The second kappa shape index (κ2) is 6.60. The molecule has 1 N–H and O–H groups in total. The molecule has 1 aliphatic heterocycles. The molecular formula is C18H17FN2O2. The Balaban J connectivity index is 1.60. The summed E-state index contributed by atoms with van der Waals surface area (Å²) in [7, 11) is 0. The van der Waals surface area contributed by atoms with Crippen molar-refractivity contribution >= 4 is 17.5 Å². The number of anilines is 1. The van der Waals surface area contributed by atoms with Crippen molar-refractivity contribution in [1.29, 1.82) is 0 Å². The lowest BCUT2D eigenvalue weighted by Crippen LogP contribution is -2.28. The van der Waals surface area contributed by atoms with Crippen LogP contribution in [-0.4, -0.2) is 23.3 Å². The van der Waals surface area contributed by atoms with Crippen molar-refractivity contribution in [2.45, 2.75) is 13.0 Å². The van der Waals surface area contributed by atoms with Gasteiger partial charge >= 0.3 is 0 Å². The van der Waals surface area contributed by atoms with E-state index in [0.717, 1.165) is 5.56 Å². The van der Waals surface area contributed by atoms with Crippen LogP contribution in [0.1, 0.15) is 12.0 Å². The molecule has 2 aromatic rings. The van der Waals surface area contributed by atoms with Gasteiger partial charge in [-0.05, 0) is 29.8 Å². The van der Waals surface area contributed by atoms with Crippen molar-refractivity contribution in [2.75, 3.05) is 11.9 Å². The van der Waals surface area contributed by atoms with Gasteiger partial charge in [0.15, 0.2) is 0 Å². The number of rotatable bonds is 4. The first-order valence-corrected chi connectivity index (χ1v) is 7.50. The van der Waals surface area contributed by atoms with Gasteiger partial charge in [0, 0.05) is 25.2 Å². The number of halogens is 1. The third kappa shape index (κ3) is 3.74. The van der Waals surface area contributed by atoms with Crippen molar-refractivity contribution in [3.63, 3.8) is 0 Å². The summed E-state index contributed by atoms with van der Waals surface area (Å²) in [5.74, 6) is -0.960. The molecule has 0 aliphatic carbocycles. The molecule has 2 amide bonds. The molecule has 1 atom stereocenters. The van der Waals surface area contributed by atoms with Crippen molar-refractivity contribution < 1.29 is 14.0 Å². The van der Waals surface area contributed by atoms with Crippen molar-refractivity contribution in [1.82, 2.24) is 4.90 Å². The lowest BCUT2D eigenvalue weighted by atomic mass is 10.1. The predicted molar refractivity (Wildman–Crippen MR) is 85.0 cm³/mol. The van der Waals surface area contributed by atoms with Gasteiger partial charge < -0.3 is 10.2 Å². The van der Waals surface area contributed by atoms with Crippen LogP contribution < -0.4 is 5.32 Å². The monoisotopic (exact) mass is 312 g/mol. The SMILES string of the molecule is O=C(Nc1ccc(F)cc1)[C@@H]1CC(=O)N(Cc2ccccc2)C1. The van der Waals surface area contributed by atoms with Gasteiger partial charge in [-0.3, -0.25) is 9.59 Å². The summed E-state index contributed by atoms with van der Waals surface area (Å²) in [6, 6.07) is 15.3. The number of carbonyl (C=O) groups is 2. The highest BCUT2D eigenvalue weighted by Gasteiger charge is 2.34. The maximum Gasteiger partial charge on any atom is 0.229 e. The smallest absolute Gasteiger partial charge is 0.229 e. The van der Waals surface area contributed by atoms with Crippen LogP contribution in [0.5, 0.6) is 0 Å². The maximum absolute atomic E-state index is 12.9. The van der Waals surface area contributed by atoms with Crippen LogP contribution in [0.3, 0.4) is 0 Å². The number of nitrogens with zero attached hydrogens (tertiary/aromatic N) is 1. The first kappa shape index (κ1) is 15.2. The molecule has 3 rings (SSSR count). The van der Waals surface area contributed by atoms with E-state index in [-0.39, 0.29) is 30.0 Å². The fourth-order valence-corrected chi connectivity index (χ4v) is 2.68. The van der Waals surface area contributed by atoms with Crippen LogP contribution in [0.25, 0.3) is 0 Å². The molecule has 5 heteroatoms. The molecule has 0 spiro atoms. The minimum atomic E-state index is -0.378. The lowest BCUT2D eigenvalue weighted by Gasteiger charge is -2.16. The number of amides is 2. The summed E-state index contributed by atoms with van der Waals surface area (Å²) in [4.78, 5) is 26.0. The van der Waals surface area contributed by atoms with Crippen molar-refractivity contribution in [3.8, 4) is 0 Å². The van der Waals surface area contributed by atoms with E-state index < -0.39 is 0 Å². The molecule has 0 saturated carbocycles. The third-order valence-electron chi connectivity index (χ3n) is 3.91. The highest BCUT2D eigenvalue weighted by atomic mass is 19.1. The van der Waals surface area contributed by atoms with Crippen molar-refractivity contribution in [3.05, 3.63) is 66.0 Å². The summed E-state index contributed by atoms with van der Waals surface area (Å²) >= 11 is 0. The van der Waals surface area contributed by atoms with Gasteiger partial charge in [-0.25, -0.2) is 4.39 Å². The van der Waals surface area contributed by atoms with E-state index in [4.69, 9.17) is 0 Å². The molecule has 0 radical (unpaired) electrons. The molecular weight excluding hydrogens is 295 g/mol. The first-order chi connectivity index (χ1) is 11.1. The largest absolute Gasteiger partial charge is 0.338 e. The Labute approximate surface area is 133 Å². The van der Waals surface area contributed by atoms with Gasteiger partial charge in [-0.2, -0.15) is 0 Å². The van der Waals surface area contributed by atoms with E-state index >= 15 is 0 Å². The Morgan fingerprint density at radius 3 is 2.52 bits per heavy atom. The first-order valence-electron chi connectivity index (χ1n) is 7.50. The zero-order valence-corrected chi connectivity index (χ0v) is 12.5. The van der Waals surface area contributed by atoms with Gasteiger partial charge in [0.1, 0.15) is 5.82 Å². The average Bonchev–Trinajstić information content (AvgIpc) is 2.92. The second-order valence-electron chi connectivity index (χ2n) is 5.66. The topological polar surface area (TPSA) is 49.4 Å². The zero-order chi connectivity index (χ0) is 16.2. The molecule has 0 aromatic heterocycles. The fraction of sp³-hybridized carbons (Fsp3) is 0.222. The number of benzene rings is 2. The molecule has 1 fully saturated rings. The van der Waals surface area contributed by atoms with Gasteiger partial charge in [-0.15, -0.1) is 0 Å². The van der Waals surface area contributed by atoms with Crippen LogP contribution in [0, 0.1) is 11.7 Å². The van der Waals surface area contributed by atoms with E-state index in [0.29, 0.717) is 18.8 Å².